The fourth-order valence-corrected chi connectivity index (χ4v) is 3.86. The van der Waals surface area contributed by atoms with Crippen LogP contribution >= 0.6 is 34.3 Å². The van der Waals surface area contributed by atoms with Crippen LogP contribution in [0.4, 0.5) is 5.82 Å². The van der Waals surface area contributed by atoms with E-state index in [0.29, 0.717) is 20.7 Å². The zero-order chi connectivity index (χ0) is 15.0. The van der Waals surface area contributed by atoms with Gasteiger partial charge in [-0.05, 0) is 19.1 Å². The van der Waals surface area contributed by atoms with E-state index in [9.17, 15) is 4.79 Å². The van der Waals surface area contributed by atoms with E-state index < -0.39 is 0 Å². The molecule has 0 radical (unpaired) electrons. The normalized spacial score (nSPS) is 10.8. The van der Waals surface area contributed by atoms with Crippen molar-refractivity contribution in [2.24, 2.45) is 7.05 Å². The van der Waals surface area contributed by atoms with Crippen LogP contribution in [0.3, 0.4) is 0 Å². The second-order valence-electron chi connectivity index (χ2n) is 4.37. The summed E-state index contributed by atoms with van der Waals surface area (Å²) in [5.74, 6) is 0.327. The Morgan fingerprint density at radius 1 is 1.33 bits per heavy atom. The van der Waals surface area contributed by atoms with E-state index in [1.165, 1.54) is 22.7 Å². The Labute approximate surface area is 134 Å². The van der Waals surface area contributed by atoms with Gasteiger partial charge in [-0.3, -0.25) is 9.48 Å². The molecule has 0 aliphatic rings. The summed E-state index contributed by atoms with van der Waals surface area (Å²) in [6.45, 7) is 1.82. The average Bonchev–Trinajstić information content (AvgIpc) is 3.11. The van der Waals surface area contributed by atoms with Gasteiger partial charge in [-0.15, -0.1) is 22.7 Å². The van der Waals surface area contributed by atoms with E-state index in [0.717, 1.165) is 9.88 Å². The van der Waals surface area contributed by atoms with Crippen LogP contribution in [0.2, 0.25) is 4.34 Å². The predicted octanol–water partition coefficient (Wildman–Crippen LogP) is 3.82. The number of anilines is 1. The van der Waals surface area contributed by atoms with Crippen molar-refractivity contribution < 1.29 is 4.79 Å². The molecule has 108 valence electrons. The first-order chi connectivity index (χ1) is 10.0. The summed E-state index contributed by atoms with van der Waals surface area (Å²) in [6, 6.07) is 5.48. The minimum atomic E-state index is -0.197. The van der Waals surface area contributed by atoms with Gasteiger partial charge in [0.1, 0.15) is 9.88 Å². The number of aryl methyl sites for hydroxylation is 2. The van der Waals surface area contributed by atoms with Crippen LogP contribution in [-0.4, -0.2) is 20.7 Å². The average molecular weight is 339 g/mol. The van der Waals surface area contributed by atoms with Crippen LogP contribution in [0.1, 0.15) is 15.4 Å². The molecule has 0 aromatic carbocycles. The number of rotatable bonds is 3. The Kier molecular flexibility index (Phi) is 3.79. The molecular weight excluding hydrogens is 328 g/mol. The van der Waals surface area contributed by atoms with Gasteiger partial charge in [0.25, 0.3) is 5.91 Å². The maximum absolute atomic E-state index is 12.3. The molecule has 0 atom stereocenters. The molecule has 8 heteroatoms. The number of amides is 1. The molecule has 21 heavy (non-hydrogen) atoms. The Morgan fingerprint density at radius 3 is 2.76 bits per heavy atom. The number of carbonyl (C=O) groups excluding carboxylic acids is 1. The first-order valence-electron chi connectivity index (χ1n) is 6.07. The molecule has 0 saturated carbocycles. The van der Waals surface area contributed by atoms with Gasteiger partial charge >= 0.3 is 0 Å². The molecular formula is C13H11ClN4OS2. The van der Waals surface area contributed by atoms with Crippen LogP contribution in [0.25, 0.3) is 9.88 Å². The third-order valence-corrected chi connectivity index (χ3v) is 5.30. The maximum atomic E-state index is 12.3. The smallest absolute Gasteiger partial charge is 0.268 e. The highest BCUT2D eigenvalue weighted by molar-refractivity contribution is 7.24. The Bertz CT molecular complexity index is 805. The molecule has 0 bridgehead atoms. The van der Waals surface area contributed by atoms with Crippen molar-refractivity contribution in [2.45, 2.75) is 6.92 Å². The van der Waals surface area contributed by atoms with Crippen molar-refractivity contribution >= 4 is 46.0 Å². The SMILES string of the molecule is Cc1nc(-c2ccc(Cl)s2)sc1C(=O)Nc1ccn(C)n1. The summed E-state index contributed by atoms with van der Waals surface area (Å²) in [5.41, 5.74) is 0.702. The predicted molar refractivity (Wildman–Crippen MR) is 86.3 cm³/mol. The van der Waals surface area contributed by atoms with Gasteiger partial charge in [0.2, 0.25) is 0 Å². The first-order valence-corrected chi connectivity index (χ1v) is 8.08. The van der Waals surface area contributed by atoms with Crippen LogP contribution in [-0.2, 0) is 7.05 Å². The van der Waals surface area contributed by atoms with Gasteiger partial charge in [-0.2, -0.15) is 5.10 Å². The summed E-state index contributed by atoms with van der Waals surface area (Å²) in [6.07, 6.45) is 1.77. The van der Waals surface area contributed by atoms with Gasteiger partial charge in [0.15, 0.2) is 5.82 Å². The molecule has 3 aromatic rings. The molecule has 3 aromatic heterocycles. The standard InChI is InChI=1S/C13H11ClN4OS2/c1-7-11(12(19)16-10-5-6-18(2)17-10)21-13(15-7)8-3-4-9(14)20-8/h3-6H,1-2H3,(H,16,17,19). The molecule has 0 saturated heterocycles. The number of hydrogen-bond acceptors (Lipinski definition) is 5. The molecule has 0 fully saturated rings. The number of thiazole rings is 1. The molecule has 0 aliphatic carbocycles. The minimum absolute atomic E-state index is 0.197. The van der Waals surface area contributed by atoms with E-state index >= 15 is 0 Å². The third kappa shape index (κ3) is 2.99. The number of aromatic nitrogens is 3. The number of hydrogen-bond donors (Lipinski definition) is 1. The highest BCUT2D eigenvalue weighted by Crippen LogP contribution is 2.35. The van der Waals surface area contributed by atoms with E-state index in [-0.39, 0.29) is 5.91 Å². The summed E-state index contributed by atoms with van der Waals surface area (Å²) in [7, 11) is 1.80. The molecule has 1 N–H and O–H groups in total. The van der Waals surface area contributed by atoms with Crippen LogP contribution in [0.15, 0.2) is 24.4 Å². The third-order valence-electron chi connectivity index (χ3n) is 2.74. The molecule has 0 aliphatic heterocycles. The van der Waals surface area contributed by atoms with Crippen molar-refractivity contribution in [1.82, 2.24) is 14.8 Å². The topological polar surface area (TPSA) is 59.8 Å². The minimum Gasteiger partial charge on any atom is -0.304 e. The summed E-state index contributed by atoms with van der Waals surface area (Å²) in [4.78, 5) is 18.3. The van der Waals surface area contributed by atoms with E-state index in [2.05, 4.69) is 15.4 Å². The van der Waals surface area contributed by atoms with E-state index in [4.69, 9.17) is 11.6 Å². The lowest BCUT2D eigenvalue weighted by Gasteiger charge is -1.99. The summed E-state index contributed by atoms with van der Waals surface area (Å²) < 4.78 is 2.34. The molecule has 0 spiro atoms. The second kappa shape index (κ2) is 5.59. The summed E-state index contributed by atoms with van der Waals surface area (Å²) >= 11 is 8.74. The Morgan fingerprint density at radius 2 is 2.14 bits per heavy atom. The van der Waals surface area contributed by atoms with Gasteiger partial charge in [0.05, 0.1) is 14.9 Å². The van der Waals surface area contributed by atoms with Gasteiger partial charge < -0.3 is 5.32 Å². The van der Waals surface area contributed by atoms with Crippen molar-refractivity contribution in [3.8, 4) is 9.88 Å². The highest BCUT2D eigenvalue weighted by Gasteiger charge is 2.17. The van der Waals surface area contributed by atoms with E-state index in [1.54, 1.807) is 24.0 Å². The fourth-order valence-electron chi connectivity index (χ4n) is 1.80. The Hall–Kier alpha value is -1.70. The Balaban J connectivity index is 1.85. The lowest BCUT2D eigenvalue weighted by Crippen LogP contribution is -2.12. The fraction of sp³-hybridized carbons (Fsp3) is 0.154. The van der Waals surface area contributed by atoms with Crippen molar-refractivity contribution in [1.29, 1.82) is 0 Å². The van der Waals surface area contributed by atoms with Gasteiger partial charge in [-0.1, -0.05) is 11.6 Å². The van der Waals surface area contributed by atoms with Crippen LogP contribution < -0.4 is 5.32 Å². The summed E-state index contributed by atoms with van der Waals surface area (Å²) in [5, 5.41) is 7.70. The van der Waals surface area contributed by atoms with Crippen molar-refractivity contribution in [3.05, 3.63) is 39.3 Å². The lowest BCUT2D eigenvalue weighted by atomic mass is 10.3. The number of carbonyl (C=O) groups is 1. The molecule has 0 unspecified atom stereocenters. The van der Waals surface area contributed by atoms with Crippen molar-refractivity contribution in [3.63, 3.8) is 0 Å². The lowest BCUT2D eigenvalue weighted by molar-refractivity contribution is 0.102. The van der Waals surface area contributed by atoms with Crippen molar-refractivity contribution in [2.75, 3.05) is 5.32 Å². The maximum Gasteiger partial charge on any atom is 0.268 e. The van der Waals surface area contributed by atoms with Crippen LogP contribution in [0.5, 0.6) is 0 Å². The van der Waals surface area contributed by atoms with Crippen LogP contribution in [0, 0.1) is 6.92 Å². The number of nitrogens with zero attached hydrogens (tertiary/aromatic N) is 3. The number of nitrogens with one attached hydrogen (secondary N) is 1. The zero-order valence-electron chi connectivity index (χ0n) is 11.3. The quantitative estimate of drug-likeness (QED) is 0.789. The van der Waals surface area contributed by atoms with Gasteiger partial charge in [-0.25, -0.2) is 4.98 Å². The van der Waals surface area contributed by atoms with Gasteiger partial charge in [0, 0.05) is 19.3 Å². The largest absolute Gasteiger partial charge is 0.304 e. The molecule has 5 nitrogen and oxygen atoms in total. The molecule has 3 heterocycles. The molecule has 1 amide bonds. The monoisotopic (exact) mass is 338 g/mol. The second-order valence-corrected chi connectivity index (χ2v) is 7.08. The highest BCUT2D eigenvalue weighted by atomic mass is 35.5. The first kappa shape index (κ1) is 14.2. The molecule has 3 rings (SSSR count). The zero-order valence-corrected chi connectivity index (χ0v) is 13.6. The van der Waals surface area contributed by atoms with E-state index in [1.807, 2.05) is 19.1 Å². The number of halogens is 1. The number of thiophene rings is 1.